The first-order chi connectivity index (χ1) is 9.52. The largest absolute Gasteiger partial charge is 0.366 e. The van der Waals surface area contributed by atoms with Gasteiger partial charge in [-0.05, 0) is 33.4 Å². The van der Waals surface area contributed by atoms with Gasteiger partial charge in [-0.2, -0.15) is 0 Å². The van der Waals surface area contributed by atoms with Crippen LogP contribution >= 0.6 is 0 Å². The maximum Gasteiger partial charge on any atom is 0.144 e. The van der Waals surface area contributed by atoms with Gasteiger partial charge in [0.15, 0.2) is 0 Å². The van der Waals surface area contributed by atoms with E-state index >= 15 is 0 Å². The van der Waals surface area contributed by atoms with Crippen molar-refractivity contribution in [1.29, 1.82) is 0 Å². The van der Waals surface area contributed by atoms with Crippen LogP contribution < -0.4 is 5.32 Å². The summed E-state index contributed by atoms with van der Waals surface area (Å²) in [6.07, 6.45) is 8.40. The molecule has 1 aliphatic carbocycles. The van der Waals surface area contributed by atoms with Gasteiger partial charge in [0.2, 0.25) is 0 Å². The highest BCUT2D eigenvalue weighted by Crippen LogP contribution is 2.31. The standard InChI is InChI=1S/C16H32N4/c1-6-15(19(2)3)18-14-11-16(20(4)5)17-13-10-8-7-9-12(13)14/h12-14,16-17H,6-11H2,1-5H3/p+1. The van der Waals surface area contributed by atoms with Gasteiger partial charge in [-0.25, -0.2) is 0 Å². The molecule has 1 aliphatic heterocycles. The Bertz CT molecular complexity index is 337. The molecule has 0 bridgehead atoms. The second kappa shape index (κ2) is 6.90. The molecule has 0 aromatic carbocycles. The van der Waals surface area contributed by atoms with Crippen molar-refractivity contribution in [2.75, 3.05) is 28.2 Å². The number of amidine groups is 1. The van der Waals surface area contributed by atoms with Crippen LogP contribution in [0.25, 0.3) is 0 Å². The number of hydrogen-bond acceptors (Lipinski definition) is 2. The van der Waals surface area contributed by atoms with Gasteiger partial charge in [0, 0.05) is 32.9 Å². The van der Waals surface area contributed by atoms with Crippen molar-refractivity contribution in [1.82, 2.24) is 9.80 Å². The normalized spacial score (nSPS) is 35.0. The summed E-state index contributed by atoms with van der Waals surface area (Å²) in [5.41, 5.74) is 0. The molecular weight excluding hydrogens is 248 g/mol. The summed E-state index contributed by atoms with van der Waals surface area (Å²) in [5.74, 6) is 2.06. The molecule has 4 heteroatoms. The second-order valence-electron chi connectivity index (χ2n) is 6.93. The summed E-state index contributed by atoms with van der Waals surface area (Å²) in [6, 6.07) is 1.31. The van der Waals surface area contributed by atoms with Crippen molar-refractivity contribution >= 4 is 5.84 Å². The van der Waals surface area contributed by atoms with Crippen molar-refractivity contribution in [3.05, 3.63) is 0 Å². The molecule has 2 N–H and O–H groups in total. The Morgan fingerprint density at radius 1 is 1.15 bits per heavy atom. The SMILES string of the molecule is CCC(=NC1CC(N(C)C)[NH2+]C2CCCCC12)N(C)C. The monoisotopic (exact) mass is 281 g/mol. The first-order valence-electron chi connectivity index (χ1n) is 8.28. The predicted molar refractivity (Wildman–Crippen MR) is 85.0 cm³/mol. The summed E-state index contributed by atoms with van der Waals surface area (Å²) in [7, 11) is 8.66. The highest BCUT2D eigenvalue weighted by molar-refractivity contribution is 5.81. The lowest BCUT2D eigenvalue weighted by molar-refractivity contribution is -0.755. The number of rotatable bonds is 3. The van der Waals surface area contributed by atoms with Gasteiger partial charge in [-0.3, -0.25) is 9.89 Å². The van der Waals surface area contributed by atoms with E-state index in [2.05, 4.69) is 50.2 Å². The number of piperidine rings is 1. The molecule has 1 heterocycles. The lowest BCUT2D eigenvalue weighted by Gasteiger charge is -2.43. The van der Waals surface area contributed by atoms with Gasteiger partial charge in [-0.1, -0.05) is 13.3 Å². The molecular formula is C16H33N4+. The van der Waals surface area contributed by atoms with E-state index in [1.165, 1.54) is 37.9 Å². The molecule has 2 rings (SSSR count). The number of hydrogen-bond donors (Lipinski definition) is 1. The van der Waals surface area contributed by atoms with Gasteiger partial charge < -0.3 is 10.2 Å². The van der Waals surface area contributed by atoms with Crippen LogP contribution in [0.2, 0.25) is 0 Å². The number of nitrogens with zero attached hydrogens (tertiary/aromatic N) is 3. The zero-order chi connectivity index (χ0) is 14.7. The Hall–Kier alpha value is -0.610. The van der Waals surface area contributed by atoms with E-state index in [0.29, 0.717) is 12.2 Å². The zero-order valence-corrected chi connectivity index (χ0v) is 14.0. The first kappa shape index (κ1) is 15.8. The molecule has 0 amide bonds. The third kappa shape index (κ3) is 3.53. The summed E-state index contributed by atoms with van der Waals surface area (Å²) >= 11 is 0. The van der Waals surface area contributed by atoms with Gasteiger partial charge in [0.05, 0.1) is 17.9 Å². The van der Waals surface area contributed by atoms with Crippen LogP contribution in [0, 0.1) is 5.92 Å². The molecule has 1 saturated heterocycles. The van der Waals surface area contributed by atoms with E-state index in [-0.39, 0.29) is 0 Å². The quantitative estimate of drug-likeness (QED) is 0.622. The number of nitrogens with two attached hydrogens (primary N) is 1. The van der Waals surface area contributed by atoms with E-state index in [0.717, 1.165) is 18.4 Å². The van der Waals surface area contributed by atoms with Gasteiger partial charge >= 0.3 is 0 Å². The van der Waals surface area contributed by atoms with Crippen molar-refractivity contribution in [3.63, 3.8) is 0 Å². The van der Waals surface area contributed by atoms with Crippen LogP contribution in [-0.2, 0) is 0 Å². The first-order valence-corrected chi connectivity index (χ1v) is 8.28. The third-order valence-corrected chi connectivity index (χ3v) is 5.13. The Kier molecular flexibility index (Phi) is 5.44. The summed E-state index contributed by atoms with van der Waals surface area (Å²) in [4.78, 5) is 9.73. The molecule has 4 nitrogen and oxygen atoms in total. The maximum absolute atomic E-state index is 5.17. The highest BCUT2D eigenvalue weighted by atomic mass is 15.3. The fraction of sp³-hybridized carbons (Fsp3) is 0.938. The Morgan fingerprint density at radius 2 is 1.85 bits per heavy atom. The number of fused-ring (bicyclic) bond motifs is 1. The van der Waals surface area contributed by atoms with Crippen molar-refractivity contribution in [3.8, 4) is 0 Å². The van der Waals surface area contributed by atoms with Gasteiger partial charge in [0.25, 0.3) is 0 Å². The van der Waals surface area contributed by atoms with E-state index < -0.39 is 0 Å². The Labute approximate surface area is 124 Å². The van der Waals surface area contributed by atoms with Crippen molar-refractivity contribution in [2.24, 2.45) is 10.9 Å². The van der Waals surface area contributed by atoms with Crippen LogP contribution in [0.5, 0.6) is 0 Å². The van der Waals surface area contributed by atoms with E-state index in [1.807, 2.05) is 0 Å². The predicted octanol–water partition coefficient (Wildman–Crippen LogP) is 1.14. The van der Waals surface area contributed by atoms with Crippen LogP contribution in [-0.4, -0.2) is 62.1 Å². The fourth-order valence-electron chi connectivity index (χ4n) is 3.94. The van der Waals surface area contributed by atoms with Crippen molar-refractivity contribution in [2.45, 2.75) is 63.7 Å². The zero-order valence-electron chi connectivity index (χ0n) is 14.0. The van der Waals surface area contributed by atoms with E-state index in [4.69, 9.17) is 4.99 Å². The summed E-state index contributed by atoms with van der Waals surface area (Å²) < 4.78 is 0. The Morgan fingerprint density at radius 3 is 2.45 bits per heavy atom. The Balaban J connectivity index is 2.18. The maximum atomic E-state index is 5.17. The number of aliphatic imine (C=N–C) groups is 1. The van der Waals surface area contributed by atoms with Crippen LogP contribution in [0.4, 0.5) is 0 Å². The second-order valence-corrected chi connectivity index (χ2v) is 6.93. The summed E-state index contributed by atoms with van der Waals surface area (Å²) in [6.45, 7) is 2.22. The van der Waals surface area contributed by atoms with Crippen LogP contribution in [0.3, 0.4) is 0 Å². The van der Waals surface area contributed by atoms with Crippen molar-refractivity contribution < 1.29 is 5.32 Å². The lowest BCUT2D eigenvalue weighted by atomic mass is 9.75. The molecule has 4 atom stereocenters. The minimum Gasteiger partial charge on any atom is -0.366 e. The topological polar surface area (TPSA) is 35.5 Å². The molecule has 0 radical (unpaired) electrons. The van der Waals surface area contributed by atoms with Gasteiger partial charge in [-0.15, -0.1) is 0 Å². The van der Waals surface area contributed by atoms with E-state index in [1.54, 1.807) is 0 Å². The lowest BCUT2D eigenvalue weighted by Crippen LogP contribution is -3.01. The average Bonchev–Trinajstić information content (AvgIpc) is 2.43. The highest BCUT2D eigenvalue weighted by Gasteiger charge is 2.42. The summed E-state index contributed by atoms with van der Waals surface area (Å²) in [5, 5.41) is 2.62. The minimum absolute atomic E-state index is 0.523. The smallest absolute Gasteiger partial charge is 0.144 e. The molecule has 2 aliphatic rings. The molecule has 2 fully saturated rings. The molecule has 20 heavy (non-hydrogen) atoms. The van der Waals surface area contributed by atoms with Crippen LogP contribution in [0.15, 0.2) is 4.99 Å². The van der Waals surface area contributed by atoms with E-state index in [9.17, 15) is 0 Å². The molecule has 1 saturated carbocycles. The van der Waals surface area contributed by atoms with Crippen LogP contribution in [0.1, 0.15) is 45.4 Å². The molecule has 116 valence electrons. The molecule has 0 aromatic heterocycles. The minimum atomic E-state index is 0.523. The van der Waals surface area contributed by atoms with Gasteiger partial charge in [0.1, 0.15) is 6.17 Å². The molecule has 0 spiro atoms. The average molecular weight is 281 g/mol. The fourth-order valence-corrected chi connectivity index (χ4v) is 3.94. The number of quaternary nitrogens is 1. The third-order valence-electron chi connectivity index (χ3n) is 5.13. The molecule has 0 aromatic rings. The molecule has 4 unspecified atom stereocenters.